The molecule has 25 heavy (non-hydrogen) atoms. The molecule has 0 N–H and O–H groups in total. The first-order valence-corrected chi connectivity index (χ1v) is 8.17. The van der Waals surface area contributed by atoms with Crippen LogP contribution >= 0.6 is 0 Å². The average molecular weight is 333 g/mol. The summed E-state index contributed by atoms with van der Waals surface area (Å²) in [7, 11) is 0. The van der Waals surface area contributed by atoms with Gasteiger partial charge in [-0.2, -0.15) is 0 Å². The molecule has 0 bridgehead atoms. The van der Waals surface area contributed by atoms with E-state index in [2.05, 4.69) is 4.98 Å². The minimum Gasteiger partial charge on any atom is -0.494 e. The Kier molecular flexibility index (Phi) is 5.42. The van der Waals surface area contributed by atoms with Crippen molar-refractivity contribution in [3.63, 3.8) is 0 Å². The molecule has 0 radical (unpaired) electrons. The van der Waals surface area contributed by atoms with Crippen LogP contribution in [0.1, 0.15) is 18.2 Å². The van der Waals surface area contributed by atoms with Gasteiger partial charge in [0.05, 0.1) is 17.8 Å². The Hall–Kier alpha value is -3.14. The fraction of sp³-hybridized carbons (Fsp3) is 0.143. The standard InChI is InChI=1S/C21H19NO3/c1-2-24-19-12-7-16(8-13-19)9-14-21(23)25-15-18-11-10-17-5-3-4-6-20(17)22-18/h3-14H,2,15H2,1H3/b14-9+. The highest BCUT2D eigenvalue weighted by molar-refractivity contribution is 5.87. The van der Waals surface area contributed by atoms with E-state index in [9.17, 15) is 4.79 Å². The smallest absolute Gasteiger partial charge is 0.331 e. The van der Waals surface area contributed by atoms with Gasteiger partial charge in [-0.1, -0.05) is 36.4 Å². The maximum Gasteiger partial charge on any atom is 0.331 e. The topological polar surface area (TPSA) is 48.4 Å². The van der Waals surface area contributed by atoms with Crippen LogP contribution in [0.2, 0.25) is 0 Å². The molecule has 1 aromatic heterocycles. The van der Waals surface area contributed by atoms with E-state index in [0.717, 1.165) is 27.9 Å². The van der Waals surface area contributed by atoms with Crippen LogP contribution in [0, 0.1) is 0 Å². The number of pyridine rings is 1. The molecule has 4 heteroatoms. The number of rotatable bonds is 6. The lowest BCUT2D eigenvalue weighted by atomic mass is 10.2. The summed E-state index contributed by atoms with van der Waals surface area (Å²) < 4.78 is 10.6. The number of aromatic nitrogens is 1. The number of hydrogen-bond acceptors (Lipinski definition) is 4. The third-order valence-corrected chi connectivity index (χ3v) is 3.62. The van der Waals surface area contributed by atoms with Crippen molar-refractivity contribution in [2.45, 2.75) is 13.5 Å². The zero-order valence-electron chi connectivity index (χ0n) is 14.0. The SMILES string of the molecule is CCOc1ccc(/C=C/C(=O)OCc2ccc3ccccc3n2)cc1. The lowest BCUT2D eigenvalue weighted by Crippen LogP contribution is -2.02. The molecule has 0 fully saturated rings. The van der Waals surface area contributed by atoms with E-state index in [1.165, 1.54) is 6.08 Å². The third kappa shape index (κ3) is 4.67. The molecule has 1 heterocycles. The predicted molar refractivity (Wildman–Crippen MR) is 98.2 cm³/mol. The fourth-order valence-electron chi connectivity index (χ4n) is 2.39. The summed E-state index contributed by atoms with van der Waals surface area (Å²) in [6.45, 7) is 2.72. The molecule has 0 aliphatic carbocycles. The molecule has 0 atom stereocenters. The van der Waals surface area contributed by atoms with Crippen molar-refractivity contribution in [1.29, 1.82) is 0 Å². The third-order valence-electron chi connectivity index (χ3n) is 3.62. The molecule has 0 spiro atoms. The molecular weight excluding hydrogens is 314 g/mol. The van der Waals surface area contributed by atoms with Crippen LogP contribution in [0.3, 0.4) is 0 Å². The first-order chi connectivity index (χ1) is 12.2. The number of hydrogen-bond donors (Lipinski definition) is 0. The molecule has 3 rings (SSSR count). The van der Waals surface area contributed by atoms with Gasteiger partial charge in [0.2, 0.25) is 0 Å². The first kappa shape index (κ1) is 16.7. The second-order valence-electron chi connectivity index (χ2n) is 5.44. The van der Waals surface area contributed by atoms with Crippen molar-refractivity contribution in [3.8, 4) is 5.75 Å². The molecule has 2 aromatic carbocycles. The normalized spacial score (nSPS) is 10.9. The molecule has 3 aromatic rings. The van der Waals surface area contributed by atoms with Gasteiger partial charge in [-0.25, -0.2) is 9.78 Å². The highest BCUT2D eigenvalue weighted by Crippen LogP contribution is 2.14. The van der Waals surface area contributed by atoms with Gasteiger partial charge in [-0.15, -0.1) is 0 Å². The van der Waals surface area contributed by atoms with Crippen molar-refractivity contribution in [2.75, 3.05) is 6.61 Å². The number of ether oxygens (including phenoxy) is 2. The number of carbonyl (C=O) groups is 1. The second-order valence-corrected chi connectivity index (χ2v) is 5.44. The Morgan fingerprint density at radius 3 is 2.64 bits per heavy atom. The largest absolute Gasteiger partial charge is 0.494 e. The highest BCUT2D eigenvalue weighted by Gasteiger charge is 2.02. The molecule has 0 aliphatic rings. The van der Waals surface area contributed by atoms with Crippen LogP contribution in [-0.2, 0) is 16.1 Å². The summed E-state index contributed by atoms with van der Waals surface area (Å²) in [6, 6.07) is 19.2. The van der Waals surface area contributed by atoms with Crippen LogP contribution < -0.4 is 4.74 Å². The fourth-order valence-corrected chi connectivity index (χ4v) is 2.39. The summed E-state index contributed by atoms with van der Waals surface area (Å²) in [6.07, 6.45) is 3.13. The predicted octanol–water partition coefficient (Wildman–Crippen LogP) is 4.39. The lowest BCUT2D eigenvalue weighted by molar-refractivity contribution is -0.139. The van der Waals surface area contributed by atoms with E-state index in [1.54, 1.807) is 6.08 Å². The second kappa shape index (κ2) is 8.11. The summed E-state index contributed by atoms with van der Waals surface area (Å²) in [5.41, 5.74) is 2.52. The molecule has 4 nitrogen and oxygen atoms in total. The number of fused-ring (bicyclic) bond motifs is 1. The van der Waals surface area contributed by atoms with Gasteiger partial charge < -0.3 is 9.47 Å². The Labute approximate surface area is 146 Å². The van der Waals surface area contributed by atoms with E-state index >= 15 is 0 Å². The molecule has 0 saturated carbocycles. The van der Waals surface area contributed by atoms with Crippen molar-refractivity contribution >= 4 is 22.9 Å². The van der Waals surface area contributed by atoms with Crippen molar-refractivity contribution in [1.82, 2.24) is 4.98 Å². The minimum absolute atomic E-state index is 0.150. The van der Waals surface area contributed by atoms with Gasteiger partial charge >= 0.3 is 5.97 Å². The highest BCUT2D eigenvalue weighted by atomic mass is 16.5. The Morgan fingerprint density at radius 2 is 1.84 bits per heavy atom. The number of esters is 1. The molecule has 126 valence electrons. The Bertz CT molecular complexity index is 885. The van der Waals surface area contributed by atoms with Crippen molar-refractivity contribution in [2.24, 2.45) is 0 Å². The van der Waals surface area contributed by atoms with E-state index in [-0.39, 0.29) is 6.61 Å². The van der Waals surface area contributed by atoms with Crippen LogP contribution in [0.25, 0.3) is 17.0 Å². The molecular formula is C21H19NO3. The van der Waals surface area contributed by atoms with Crippen molar-refractivity contribution in [3.05, 3.63) is 78.0 Å². The number of para-hydroxylation sites is 1. The van der Waals surface area contributed by atoms with Crippen LogP contribution in [-0.4, -0.2) is 17.6 Å². The molecule has 0 unspecified atom stereocenters. The van der Waals surface area contributed by atoms with Crippen LogP contribution in [0.15, 0.2) is 66.7 Å². The number of benzene rings is 2. The maximum atomic E-state index is 11.9. The Balaban J connectivity index is 1.56. The van der Waals surface area contributed by atoms with E-state index in [4.69, 9.17) is 9.47 Å². The average Bonchev–Trinajstić information content (AvgIpc) is 2.66. The summed E-state index contributed by atoms with van der Waals surface area (Å²) >= 11 is 0. The maximum absolute atomic E-state index is 11.9. The van der Waals surface area contributed by atoms with Gasteiger partial charge in [-0.3, -0.25) is 0 Å². The summed E-state index contributed by atoms with van der Waals surface area (Å²) in [5.74, 6) is 0.411. The quantitative estimate of drug-likeness (QED) is 0.496. The number of carbonyl (C=O) groups excluding carboxylic acids is 1. The van der Waals surface area contributed by atoms with E-state index in [1.807, 2.05) is 67.6 Å². The minimum atomic E-state index is -0.399. The van der Waals surface area contributed by atoms with Gasteiger partial charge in [0, 0.05) is 11.5 Å². The van der Waals surface area contributed by atoms with Gasteiger partial charge in [0.1, 0.15) is 12.4 Å². The Morgan fingerprint density at radius 1 is 1.04 bits per heavy atom. The van der Waals surface area contributed by atoms with Gasteiger partial charge in [0.15, 0.2) is 0 Å². The molecule has 0 aliphatic heterocycles. The monoisotopic (exact) mass is 333 g/mol. The van der Waals surface area contributed by atoms with E-state index in [0.29, 0.717) is 6.61 Å². The van der Waals surface area contributed by atoms with Crippen molar-refractivity contribution < 1.29 is 14.3 Å². The van der Waals surface area contributed by atoms with Crippen LogP contribution in [0.4, 0.5) is 0 Å². The number of nitrogens with zero attached hydrogens (tertiary/aromatic N) is 1. The lowest BCUT2D eigenvalue weighted by Gasteiger charge is -2.04. The zero-order chi connectivity index (χ0) is 17.5. The first-order valence-electron chi connectivity index (χ1n) is 8.17. The molecule has 0 amide bonds. The van der Waals surface area contributed by atoms with E-state index < -0.39 is 5.97 Å². The summed E-state index contributed by atoms with van der Waals surface area (Å²) in [4.78, 5) is 16.3. The van der Waals surface area contributed by atoms with Gasteiger partial charge in [0.25, 0.3) is 0 Å². The van der Waals surface area contributed by atoms with Crippen LogP contribution in [0.5, 0.6) is 5.75 Å². The summed E-state index contributed by atoms with van der Waals surface area (Å²) in [5, 5.41) is 1.06. The molecule has 0 saturated heterocycles. The zero-order valence-corrected chi connectivity index (χ0v) is 14.0. The van der Waals surface area contributed by atoms with Gasteiger partial charge in [-0.05, 0) is 42.8 Å².